The van der Waals surface area contributed by atoms with Gasteiger partial charge in [0.15, 0.2) is 0 Å². The normalized spacial score (nSPS) is 16.3. The van der Waals surface area contributed by atoms with E-state index in [1.807, 2.05) is 6.26 Å². The molecule has 0 spiro atoms. The summed E-state index contributed by atoms with van der Waals surface area (Å²) in [6.07, 6.45) is 1.00. The van der Waals surface area contributed by atoms with Gasteiger partial charge in [-0.25, -0.2) is 4.79 Å². The van der Waals surface area contributed by atoms with Crippen molar-refractivity contribution in [3.8, 4) is 0 Å². The quantitative estimate of drug-likeness (QED) is 0.167. The van der Waals surface area contributed by atoms with E-state index in [0.717, 1.165) is 0 Å². The second-order valence-corrected chi connectivity index (χ2v) is 8.28. The summed E-state index contributed by atoms with van der Waals surface area (Å²) in [5, 5.41) is 26.2. The zero-order valence-corrected chi connectivity index (χ0v) is 18.8. The van der Waals surface area contributed by atoms with Crippen LogP contribution in [-0.2, 0) is 19.2 Å². The van der Waals surface area contributed by atoms with Crippen molar-refractivity contribution in [1.29, 1.82) is 0 Å². The number of aliphatic carboxylic acids is 1. The van der Waals surface area contributed by atoms with Crippen LogP contribution in [0.1, 0.15) is 27.2 Å². The van der Waals surface area contributed by atoms with Crippen molar-refractivity contribution in [3.63, 3.8) is 0 Å². The van der Waals surface area contributed by atoms with Gasteiger partial charge in [0.25, 0.3) is 0 Å². The topological polar surface area (TPSA) is 171 Å². The van der Waals surface area contributed by atoms with Gasteiger partial charge in [-0.2, -0.15) is 24.4 Å². The number of rotatable bonds is 13. The van der Waals surface area contributed by atoms with Crippen LogP contribution in [0.4, 0.5) is 0 Å². The molecule has 5 atom stereocenters. The number of carboxylic acids is 1. The molecular weight excluding hydrogens is 420 g/mol. The first-order chi connectivity index (χ1) is 13.5. The second kappa shape index (κ2) is 13.7. The van der Waals surface area contributed by atoms with E-state index < -0.39 is 59.9 Å². The standard InChI is InChI=1S/C17H32N4O6S2/c1-8(2)12(17(26)27)20-16(25)13(9(3)22)21-15(24)11(7-28)19-14(23)10(18)5-6-29-4/h8-13,22,28H,5-7,18H2,1-4H3,(H,19,23)(H,20,25)(H,21,24)(H,26,27). The van der Waals surface area contributed by atoms with Crippen molar-refractivity contribution in [2.24, 2.45) is 11.7 Å². The van der Waals surface area contributed by atoms with E-state index in [-0.39, 0.29) is 5.75 Å². The Morgan fingerprint density at radius 1 is 1.00 bits per heavy atom. The maximum atomic E-state index is 12.5. The molecule has 3 amide bonds. The molecule has 0 bridgehead atoms. The van der Waals surface area contributed by atoms with E-state index in [0.29, 0.717) is 12.2 Å². The Hall–Kier alpha value is -1.50. The number of nitrogens with one attached hydrogen (secondary N) is 3. The molecular formula is C17H32N4O6S2. The SMILES string of the molecule is CSCCC(N)C(=O)NC(CS)C(=O)NC(C(=O)NC(C(=O)O)C(C)C)C(C)O. The number of aliphatic hydroxyl groups is 1. The second-order valence-electron chi connectivity index (χ2n) is 6.93. The zero-order chi connectivity index (χ0) is 22.7. The van der Waals surface area contributed by atoms with Gasteiger partial charge in [0.2, 0.25) is 17.7 Å². The molecule has 0 aromatic heterocycles. The third-order valence-corrected chi connectivity index (χ3v) is 5.09. The number of thioether (sulfide) groups is 1. The van der Waals surface area contributed by atoms with Gasteiger partial charge < -0.3 is 31.9 Å². The van der Waals surface area contributed by atoms with Crippen LogP contribution in [-0.4, -0.2) is 81.9 Å². The highest BCUT2D eigenvalue weighted by Gasteiger charge is 2.33. The van der Waals surface area contributed by atoms with Crippen molar-refractivity contribution in [2.75, 3.05) is 17.8 Å². The van der Waals surface area contributed by atoms with E-state index in [9.17, 15) is 29.4 Å². The number of carboxylic acid groups (broad SMARTS) is 1. The Morgan fingerprint density at radius 2 is 1.55 bits per heavy atom. The summed E-state index contributed by atoms with van der Waals surface area (Å²) in [6.45, 7) is 4.51. The van der Waals surface area contributed by atoms with E-state index in [1.165, 1.54) is 18.7 Å². The number of carbonyl (C=O) groups is 4. The number of aliphatic hydroxyl groups excluding tert-OH is 1. The first-order valence-corrected chi connectivity index (χ1v) is 11.2. The zero-order valence-electron chi connectivity index (χ0n) is 17.0. The molecule has 0 fully saturated rings. The van der Waals surface area contributed by atoms with Crippen LogP contribution in [0.3, 0.4) is 0 Å². The highest BCUT2D eigenvalue weighted by atomic mass is 32.2. The van der Waals surface area contributed by atoms with Crippen molar-refractivity contribution >= 4 is 48.1 Å². The highest BCUT2D eigenvalue weighted by Crippen LogP contribution is 2.05. The summed E-state index contributed by atoms with van der Waals surface area (Å²) in [5.74, 6) is -3.16. The number of hydrogen-bond acceptors (Lipinski definition) is 8. The maximum absolute atomic E-state index is 12.5. The lowest BCUT2D eigenvalue weighted by Gasteiger charge is -2.26. The molecule has 5 unspecified atom stereocenters. The van der Waals surface area contributed by atoms with Gasteiger partial charge in [-0.15, -0.1) is 0 Å². The lowest BCUT2D eigenvalue weighted by Crippen LogP contribution is -2.60. The van der Waals surface area contributed by atoms with Gasteiger partial charge >= 0.3 is 5.97 Å². The third-order valence-electron chi connectivity index (χ3n) is 4.08. The Bertz CT molecular complexity index is 576. The van der Waals surface area contributed by atoms with Crippen molar-refractivity contribution in [1.82, 2.24) is 16.0 Å². The molecule has 12 heteroatoms. The lowest BCUT2D eigenvalue weighted by atomic mass is 10.0. The fourth-order valence-corrected chi connectivity index (χ4v) is 3.01. The van der Waals surface area contributed by atoms with Gasteiger partial charge in [0.05, 0.1) is 12.1 Å². The van der Waals surface area contributed by atoms with Gasteiger partial charge in [0, 0.05) is 5.75 Å². The Morgan fingerprint density at radius 3 is 1.97 bits per heavy atom. The van der Waals surface area contributed by atoms with Crippen molar-refractivity contribution < 1.29 is 29.4 Å². The van der Waals surface area contributed by atoms with Crippen LogP contribution in [0.15, 0.2) is 0 Å². The molecule has 7 N–H and O–H groups in total. The number of thiol groups is 1. The smallest absolute Gasteiger partial charge is 0.326 e. The number of nitrogens with two attached hydrogens (primary N) is 1. The minimum Gasteiger partial charge on any atom is -0.480 e. The molecule has 0 aliphatic rings. The van der Waals surface area contributed by atoms with Gasteiger partial charge in [-0.05, 0) is 31.3 Å². The Balaban J connectivity index is 5.11. The molecule has 0 rings (SSSR count). The van der Waals surface area contributed by atoms with E-state index >= 15 is 0 Å². The minimum atomic E-state index is -1.41. The van der Waals surface area contributed by atoms with Crippen LogP contribution < -0.4 is 21.7 Å². The van der Waals surface area contributed by atoms with Crippen LogP contribution in [0.2, 0.25) is 0 Å². The summed E-state index contributed by atoms with van der Waals surface area (Å²) in [6, 6.07) is -4.47. The molecule has 0 aromatic rings. The van der Waals surface area contributed by atoms with Crippen LogP contribution >= 0.6 is 24.4 Å². The van der Waals surface area contributed by atoms with Crippen molar-refractivity contribution in [3.05, 3.63) is 0 Å². The molecule has 0 aromatic carbocycles. The third kappa shape index (κ3) is 9.70. The summed E-state index contributed by atoms with van der Waals surface area (Å²) < 4.78 is 0. The molecule has 0 aliphatic carbocycles. The molecule has 0 heterocycles. The molecule has 0 saturated heterocycles. The van der Waals surface area contributed by atoms with E-state index in [2.05, 4.69) is 28.6 Å². The first kappa shape index (κ1) is 27.5. The lowest BCUT2D eigenvalue weighted by molar-refractivity contribution is -0.144. The maximum Gasteiger partial charge on any atom is 0.326 e. The summed E-state index contributed by atoms with van der Waals surface area (Å²) in [7, 11) is 0. The van der Waals surface area contributed by atoms with Gasteiger partial charge in [-0.1, -0.05) is 13.8 Å². The van der Waals surface area contributed by atoms with Gasteiger partial charge in [-0.3, -0.25) is 14.4 Å². The largest absolute Gasteiger partial charge is 0.480 e. The molecule has 29 heavy (non-hydrogen) atoms. The first-order valence-electron chi connectivity index (χ1n) is 9.13. The summed E-state index contributed by atoms with van der Waals surface area (Å²) in [5.41, 5.74) is 5.77. The molecule has 10 nitrogen and oxygen atoms in total. The molecule has 168 valence electrons. The molecule has 0 saturated carbocycles. The summed E-state index contributed by atoms with van der Waals surface area (Å²) in [4.78, 5) is 48.3. The van der Waals surface area contributed by atoms with E-state index in [1.54, 1.807) is 13.8 Å². The minimum absolute atomic E-state index is 0.0648. The van der Waals surface area contributed by atoms with E-state index in [4.69, 9.17) is 5.73 Å². The highest BCUT2D eigenvalue weighted by molar-refractivity contribution is 7.98. The van der Waals surface area contributed by atoms with Gasteiger partial charge in [0.1, 0.15) is 18.1 Å². The average molecular weight is 453 g/mol. The fourth-order valence-electron chi connectivity index (χ4n) is 2.26. The number of amides is 3. The van der Waals surface area contributed by atoms with Crippen LogP contribution in [0, 0.1) is 5.92 Å². The van der Waals surface area contributed by atoms with Crippen molar-refractivity contribution in [2.45, 2.75) is 57.5 Å². The fraction of sp³-hybridized carbons (Fsp3) is 0.765. The molecule has 0 aliphatic heterocycles. The summed E-state index contributed by atoms with van der Waals surface area (Å²) >= 11 is 5.58. The predicted octanol–water partition coefficient (Wildman–Crippen LogP) is -1.43. The molecule has 0 radical (unpaired) electrons. The average Bonchev–Trinajstić information content (AvgIpc) is 2.64. The number of carbonyl (C=O) groups excluding carboxylic acids is 3. The Kier molecular flexibility index (Phi) is 13.0. The van der Waals surface area contributed by atoms with Crippen LogP contribution in [0.25, 0.3) is 0 Å². The number of hydrogen-bond donors (Lipinski definition) is 7. The monoisotopic (exact) mass is 452 g/mol. The Labute approximate surface area is 180 Å². The van der Waals surface area contributed by atoms with Crippen LogP contribution in [0.5, 0.6) is 0 Å². The predicted molar refractivity (Wildman–Crippen MR) is 115 cm³/mol.